The Kier molecular flexibility index (Phi) is 5.62. The summed E-state index contributed by atoms with van der Waals surface area (Å²) in [5.41, 5.74) is 1.97. The summed E-state index contributed by atoms with van der Waals surface area (Å²) < 4.78 is 11.7. The van der Waals surface area contributed by atoms with E-state index in [0.29, 0.717) is 26.8 Å². The fourth-order valence-electron chi connectivity index (χ4n) is 3.29. The number of carbonyl (C=O) groups excluding carboxylic acids is 1. The SMILES string of the molecule is Cc1ccccc1OCC1=NN2C(=N)/C(=C/c3ccc(-c4ccc(Cl)cc4)o3)C(=O)N=C2S1. The highest BCUT2D eigenvalue weighted by Gasteiger charge is 2.36. The van der Waals surface area contributed by atoms with Crippen LogP contribution in [0.5, 0.6) is 5.75 Å². The van der Waals surface area contributed by atoms with E-state index in [-0.39, 0.29) is 18.0 Å². The van der Waals surface area contributed by atoms with E-state index in [1.807, 2.05) is 43.3 Å². The average molecular weight is 477 g/mol. The Morgan fingerprint density at radius 3 is 2.73 bits per heavy atom. The summed E-state index contributed by atoms with van der Waals surface area (Å²) >= 11 is 7.16. The molecule has 33 heavy (non-hydrogen) atoms. The molecule has 7 nitrogen and oxygen atoms in total. The van der Waals surface area contributed by atoms with Gasteiger partial charge in [-0.2, -0.15) is 15.1 Å². The van der Waals surface area contributed by atoms with Crippen LogP contribution in [0.1, 0.15) is 11.3 Å². The fraction of sp³-hybridized carbons (Fsp3) is 0.0833. The number of amidine groups is 2. The maximum atomic E-state index is 12.6. The lowest BCUT2D eigenvalue weighted by molar-refractivity contribution is -0.114. The van der Waals surface area contributed by atoms with E-state index in [1.165, 1.54) is 22.8 Å². The maximum absolute atomic E-state index is 12.6. The normalized spacial score (nSPS) is 16.7. The molecule has 2 aliphatic heterocycles. The summed E-state index contributed by atoms with van der Waals surface area (Å²) in [4.78, 5) is 16.7. The molecule has 0 fully saturated rings. The number of amides is 1. The first kappa shape index (κ1) is 21.2. The lowest BCUT2D eigenvalue weighted by Crippen LogP contribution is -2.35. The van der Waals surface area contributed by atoms with Gasteiger partial charge in [0.2, 0.25) is 5.17 Å². The van der Waals surface area contributed by atoms with Crippen molar-refractivity contribution in [1.29, 1.82) is 5.41 Å². The summed E-state index contributed by atoms with van der Waals surface area (Å²) in [5, 5.41) is 15.9. The van der Waals surface area contributed by atoms with Crippen molar-refractivity contribution in [2.45, 2.75) is 6.92 Å². The molecule has 5 rings (SSSR count). The van der Waals surface area contributed by atoms with Gasteiger partial charge in [0.1, 0.15) is 28.9 Å². The molecule has 0 atom stereocenters. The highest BCUT2D eigenvalue weighted by molar-refractivity contribution is 8.27. The van der Waals surface area contributed by atoms with Gasteiger partial charge in [0.25, 0.3) is 5.91 Å². The zero-order valence-corrected chi connectivity index (χ0v) is 19.0. The van der Waals surface area contributed by atoms with Gasteiger partial charge >= 0.3 is 0 Å². The van der Waals surface area contributed by atoms with Crippen LogP contribution in [0, 0.1) is 12.3 Å². The second-order valence-corrected chi connectivity index (χ2v) is 8.75. The first-order valence-electron chi connectivity index (χ1n) is 10.0. The molecule has 1 N–H and O–H groups in total. The summed E-state index contributed by atoms with van der Waals surface area (Å²) in [6.07, 6.45) is 1.51. The number of fused-ring (bicyclic) bond motifs is 1. The number of rotatable bonds is 5. The van der Waals surface area contributed by atoms with Gasteiger partial charge in [-0.3, -0.25) is 10.2 Å². The Bertz CT molecular complexity index is 1360. The number of ether oxygens (including phenoxy) is 1. The molecule has 0 radical (unpaired) electrons. The van der Waals surface area contributed by atoms with Crippen molar-refractivity contribution in [2.75, 3.05) is 6.61 Å². The van der Waals surface area contributed by atoms with Gasteiger partial charge in [-0.25, -0.2) is 0 Å². The van der Waals surface area contributed by atoms with Crippen LogP contribution in [0.15, 0.2) is 80.7 Å². The predicted octanol–water partition coefficient (Wildman–Crippen LogP) is 5.61. The topological polar surface area (TPSA) is 91.2 Å². The lowest BCUT2D eigenvalue weighted by Gasteiger charge is -2.19. The fourth-order valence-corrected chi connectivity index (χ4v) is 4.21. The van der Waals surface area contributed by atoms with E-state index in [4.69, 9.17) is 26.2 Å². The van der Waals surface area contributed by atoms with Crippen LogP contribution < -0.4 is 4.74 Å². The molecule has 0 saturated carbocycles. The van der Waals surface area contributed by atoms with Crippen molar-refractivity contribution < 1.29 is 13.9 Å². The third-order valence-electron chi connectivity index (χ3n) is 4.98. The molecule has 164 valence electrons. The average Bonchev–Trinajstić information content (AvgIpc) is 3.44. The zero-order chi connectivity index (χ0) is 22.9. The van der Waals surface area contributed by atoms with Crippen LogP contribution in [-0.2, 0) is 4.79 Å². The van der Waals surface area contributed by atoms with Crippen molar-refractivity contribution in [2.24, 2.45) is 10.1 Å². The molecule has 3 heterocycles. The second-order valence-electron chi connectivity index (χ2n) is 7.28. The van der Waals surface area contributed by atoms with E-state index >= 15 is 0 Å². The van der Waals surface area contributed by atoms with Crippen LogP contribution in [0.2, 0.25) is 5.02 Å². The van der Waals surface area contributed by atoms with Crippen molar-refractivity contribution in [3.63, 3.8) is 0 Å². The largest absolute Gasteiger partial charge is 0.486 e. The number of benzene rings is 2. The van der Waals surface area contributed by atoms with Crippen LogP contribution in [0.4, 0.5) is 0 Å². The van der Waals surface area contributed by atoms with Crippen LogP contribution in [-0.4, -0.2) is 33.6 Å². The van der Waals surface area contributed by atoms with Crippen molar-refractivity contribution in [3.8, 4) is 17.1 Å². The lowest BCUT2D eigenvalue weighted by atomic mass is 10.1. The summed E-state index contributed by atoms with van der Waals surface area (Å²) in [5.74, 6) is 1.24. The number of hydrogen-bond acceptors (Lipinski definition) is 6. The molecule has 3 aromatic rings. The Morgan fingerprint density at radius 1 is 1.15 bits per heavy atom. The number of aryl methyl sites for hydroxylation is 1. The molecular weight excluding hydrogens is 460 g/mol. The Labute approximate surface area is 198 Å². The third-order valence-corrected chi connectivity index (χ3v) is 6.12. The van der Waals surface area contributed by atoms with E-state index in [0.717, 1.165) is 16.9 Å². The zero-order valence-electron chi connectivity index (χ0n) is 17.4. The van der Waals surface area contributed by atoms with Crippen LogP contribution in [0.25, 0.3) is 17.4 Å². The van der Waals surface area contributed by atoms with Crippen molar-refractivity contribution >= 4 is 51.4 Å². The molecule has 2 aromatic carbocycles. The number of nitrogens with zero attached hydrogens (tertiary/aromatic N) is 3. The first-order valence-corrected chi connectivity index (χ1v) is 11.2. The van der Waals surface area contributed by atoms with Gasteiger partial charge < -0.3 is 9.15 Å². The molecule has 2 aliphatic rings. The second kappa shape index (κ2) is 8.73. The monoisotopic (exact) mass is 476 g/mol. The molecule has 0 unspecified atom stereocenters. The van der Waals surface area contributed by atoms with E-state index in [2.05, 4.69) is 10.1 Å². The van der Waals surface area contributed by atoms with Crippen molar-refractivity contribution in [3.05, 3.63) is 82.6 Å². The predicted molar refractivity (Wildman–Crippen MR) is 131 cm³/mol. The number of nitrogens with one attached hydrogen (secondary N) is 1. The minimum Gasteiger partial charge on any atom is -0.486 e. The number of thioether (sulfide) groups is 1. The molecular formula is C24H17ClN4O3S. The number of aliphatic imine (C=N–C) groups is 1. The summed E-state index contributed by atoms with van der Waals surface area (Å²) in [6, 6.07) is 18.5. The summed E-state index contributed by atoms with van der Waals surface area (Å²) in [7, 11) is 0. The molecule has 1 aromatic heterocycles. The Balaban J connectivity index is 1.34. The number of hydrogen-bond donors (Lipinski definition) is 1. The maximum Gasteiger partial charge on any atom is 0.283 e. The minimum atomic E-state index is -0.514. The van der Waals surface area contributed by atoms with Gasteiger partial charge in [-0.05, 0) is 72.8 Å². The number of hydrazone groups is 1. The van der Waals surface area contributed by atoms with Gasteiger partial charge in [-0.1, -0.05) is 29.8 Å². The Morgan fingerprint density at radius 2 is 1.94 bits per heavy atom. The molecule has 0 bridgehead atoms. The third kappa shape index (κ3) is 4.35. The van der Waals surface area contributed by atoms with Gasteiger partial charge in [0, 0.05) is 10.6 Å². The highest BCUT2D eigenvalue weighted by Crippen LogP contribution is 2.30. The molecule has 1 amide bonds. The number of carbonyl (C=O) groups is 1. The van der Waals surface area contributed by atoms with Gasteiger partial charge in [-0.15, -0.1) is 0 Å². The van der Waals surface area contributed by atoms with Gasteiger partial charge in [0.05, 0.1) is 5.57 Å². The smallest absolute Gasteiger partial charge is 0.283 e. The molecule has 9 heteroatoms. The van der Waals surface area contributed by atoms with Gasteiger partial charge in [0.15, 0.2) is 5.84 Å². The molecule has 0 saturated heterocycles. The van der Waals surface area contributed by atoms with E-state index in [1.54, 1.807) is 24.3 Å². The first-order chi connectivity index (χ1) is 16.0. The Hall–Kier alpha value is -3.62. The van der Waals surface area contributed by atoms with Crippen LogP contribution in [0.3, 0.4) is 0 Å². The summed E-state index contributed by atoms with van der Waals surface area (Å²) in [6.45, 7) is 2.18. The minimum absolute atomic E-state index is 0.0622. The van der Waals surface area contributed by atoms with Crippen molar-refractivity contribution in [1.82, 2.24) is 5.01 Å². The van der Waals surface area contributed by atoms with Crippen LogP contribution >= 0.6 is 23.4 Å². The number of halogens is 1. The number of para-hydroxylation sites is 1. The molecule has 0 spiro atoms. The molecule has 0 aliphatic carbocycles. The number of furan rings is 1. The highest BCUT2D eigenvalue weighted by atomic mass is 35.5. The standard InChI is InChI=1S/C24H17ClN4O3S/c1-14-4-2-3-5-19(14)31-13-21-28-29-22(26)18(23(30)27-24(29)33-21)12-17-10-11-20(32-17)15-6-8-16(25)9-7-15/h2-12,26H,13H2,1H3/b18-12-,26-22?. The van der Waals surface area contributed by atoms with E-state index in [9.17, 15) is 4.79 Å². The quantitative estimate of drug-likeness (QED) is 0.483. The van der Waals surface area contributed by atoms with E-state index < -0.39 is 5.91 Å².